The van der Waals surface area contributed by atoms with E-state index in [0.29, 0.717) is 24.6 Å². The number of carbonyl (C=O) groups excluding carboxylic acids is 1. The highest BCUT2D eigenvalue weighted by molar-refractivity contribution is 5.93. The number of ether oxygens (including phenoxy) is 1. The average molecular weight is 391 g/mol. The monoisotopic (exact) mass is 391 g/mol. The summed E-state index contributed by atoms with van der Waals surface area (Å²) in [4.78, 5) is 23.6. The third kappa shape index (κ3) is 4.31. The maximum atomic E-state index is 12.9. The molecular formula is C23H25N3O3. The highest BCUT2D eigenvalue weighted by Gasteiger charge is 2.29. The number of piperidine rings is 1. The third-order valence-corrected chi connectivity index (χ3v) is 5.38. The van der Waals surface area contributed by atoms with Gasteiger partial charge in [0.05, 0.1) is 19.2 Å². The molecule has 4 rings (SSSR count). The van der Waals surface area contributed by atoms with Crippen LogP contribution in [-0.2, 0) is 6.42 Å². The first-order chi connectivity index (χ1) is 14.1. The average Bonchev–Trinajstić information content (AvgIpc) is 3.23. The van der Waals surface area contributed by atoms with E-state index in [-0.39, 0.29) is 11.8 Å². The molecule has 150 valence electrons. The van der Waals surface area contributed by atoms with Crippen molar-refractivity contribution in [3.8, 4) is 5.75 Å². The number of hydrogen-bond donors (Lipinski definition) is 0. The molecule has 3 heterocycles. The molecular weight excluding hydrogens is 366 g/mol. The summed E-state index contributed by atoms with van der Waals surface area (Å²) < 4.78 is 11.2. The van der Waals surface area contributed by atoms with Gasteiger partial charge in [-0.05, 0) is 49.1 Å². The molecule has 6 heteroatoms. The SMILES string of the molecule is COc1ccc(Cc2cnc([C@H]3CCCN(C(=O)c4ncccc4C)C3)o2)cc1. The van der Waals surface area contributed by atoms with Crippen LogP contribution in [0.5, 0.6) is 5.75 Å². The molecule has 1 saturated heterocycles. The molecule has 0 saturated carbocycles. The van der Waals surface area contributed by atoms with Gasteiger partial charge >= 0.3 is 0 Å². The maximum Gasteiger partial charge on any atom is 0.272 e. The van der Waals surface area contributed by atoms with Crippen molar-refractivity contribution in [1.29, 1.82) is 0 Å². The number of oxazole rings is 1. The van der Waals surface area contributed by atoms with Gasteiger partial charge in [-0.2, -0.15) is 0 Å². The Morgan fingerprint density at radius 1 is 1.24 bits per heavy atom. The van der Waals surface area contributed by atoms with Gasteiger partial charge < -0.3 is 14.1 Å². The number of pyridine rings is 1. The second kappa shape index (κ2) is 8.47. The minimum atomic E-state index is -0.0159. The zero-order valence-electron chi connectivity index (χ0n) is 16.8. The number of aryl methyl sites for hydroxylation is 1. The number of hydrogen-bond acceptors (Lipinski definition) is 5. The van der Waals surface area contributed by atoms with E-state index < -0.39 is 0 Å². The van der Waals surface area contributed by atoms with Crippen molar-refractivity contribution in [3.63, 3.8) is 0 Å². The normalized spacial score (nSPS) is 16.6. The summed E-state index contributed by atoms with van der Waals surface area (Å²) in [5, 5.41) is 0. The fourth-order valence-corrected chi connectivity index (χ4v) is 3.76. The smallest absolute Gasteiger partial charge is 0.272 e. The van der Waals surface area contributed by atoms with E-state index in [0.717, 1.165) is 42.0 Å². The molecule has 3 aromatic rings. The van der Waals surface area contributed by atoms with Gasteiger partial charge in [0.1, 0.15) is 17.2 Å². The van der Waals surface area contributed by atoms with Crippen LogP contribution in [0.25, 0.3) is 0 Å². The molecule has 0 N–H and O–H groups in total. The molecule has 0 radical (unpaired) electrons. The fraction of sp³-hybridized carbons (Fsp3) is 0.348. The summed E-state index contributed by atoms with van der Waals surface area (Å²) in [6.07, 6.45) is 6.04. The van der Waals surface area contributed by atoms with E-state index in [9.17, 15) is 4.79 Å². The molecule has 0 aliphatic carbocycles. The van der Waals surface area contributed by atoms with Gasteiger partial charge in [-0.15, -0.1) is 0 Å². The Bertz CT molecular complexity index is 981. The minimum absolute atomic E-state index is 0.0159. The van der Waals surface area contributed by atoms with Gasteiger partial charge in [-0.1, -0.05) is 18.2 Å². The van der Waals surface area contributed by atoms with Gasteiger partial charge in [0.15, 0.2) is 5.89 Å². The van der Waals surface area contributed by atoms with Crippen molar-refractivity contribution in [2.24, 2.45) is 0 Å². The standard InChI is InChI=1S/C23H25N3O3/c1-16-5-3-11-24-21(16)23(27)26-12-4-6-18(15-26)22-25-14-20(29-22)13-17-7-9-19(28-2)10-8-17/h3,5,7-11,14,18H,4,6,12-13,15H2,1-2H3/t18-/m0/s1. The van der Waals surface area contributed by atoms with Crippen LogP contribution < -0.4 is 4.74 Å². The van der Waals surface area contributed by atoms with Gasteiger partial charge in [-0.25, -0.2) is 4.98 Å². The first-order valence-electron chi connectivity index (χ1n) is 9.92. The van der Waals surface area contributed by atoms with Crippen molar-refractivity contribution < 1.29 is 13.9 Å². The Kier molecular flexibility index (Phi) is 5.60. The van der Waals surface area contributed by atoms with Crippen molar-refractivity contribution in [2.45, 2.75) is 32.1 Å². The molecule has 1 fully saturated rings. The van der Waals surface area contributed by atoms with E-state index >= 15 is 0 Å². The molecule has 1 atom stereocenters. The lowest BCUT2D eigenvalue weighted by Crippen LogP contribution is -2.39. The first kappa shape index (κ1) is 19.2. The van der Waals surface area contributed by atoms with Crippen LogP contribution >= 0.6 is 0 Å². The van der Waals surface area contributed by atoms with Crippen LogP contribution in [0.15, 0.2) is 53.2 Å². The zero-order chi connectivity index (χ0) is 20.2. The van der Waals surface area contributed by atoms with Gasteiger partial charge in [-0.3, -0.25) is 9.78 Å². The minimum Gasteiger partial charge on any atom is -0.497 e. The van der Waals surface area contributed by atoms with E-state index in [2.05, 4.69) is 9.97 Å². The van der Waals surface area contributed by atoms with Crippen LogP contribution in [0.2, 0.25) is 0 Å². The molecule has 1 amide bonds. The van der Waals surface area contributed by atoms with Crippen LogP contribution in [-0.4, -0.2) is 41.0 Å². The van der Waals surface area contributed by atoms with E-state index in [1.165, 1.54) is 0 Å². The highest BCUT2D eigenvalue weighted by atomic mass is 16.5. The summed E-state index contributed by atoms with van der Waals surface area (Å²) in [5.74, 6) is 2.47. The highest BCUT2D eigenvalue weighted by Crippen LogP contribution is 2.28. The number of nitrogens with zero attached hydrogens (tertiary/aromatic N) is 3. The molecule has 0 unspecified atom stereocenters. The number of carbonyl (C=O) groups is 1. The Morgan fingerprint density at radius 3 is 2.83 bits per heavy atom. The Hall–Kier alpha value is -3.15. The molecule has 0 spiro atoms. The predicted molar refractivity (Wildman–Crippen MR) is 109 cm³/mol. The maximum absolute atomic E-state index is 12.9. The van der Waals surface area contributed by atoms with Crippen LogP contribution in [0.4, 0.5) is 0 Å². The number of benzene rings is 1. The van der Waals surface area contributed by atoms with Crippen LogP contribution in [0.3, 0.4) is 0 Å². The lowest BCUT2D eigenvalue weighted by Gasteiger charge is -2.31. The molecule has 29 heavy (non-hydrogen) atoms. The lowest BCUT2D eigenvalue weighted by molar-refractivity contribution is 0.0691. The molecule has 6 nitrogen and oxygen atoms in total. The van der Waals surface area contributed by atoms with Crippen molar-refractivity contribution in [1.82, 2.24) is 14.9 Å². The number of likely N-dealkylation sites (tertiary alicyclic amines) is 1. The largest absolute Gasteiger partial charge is 0.497 e. The predicted octanol–water partition coefficient (Wildman–Crippen LogP) is 4.00. The lowest BCUT2D eigenvalue weighted by atomic mass is 9.97. The Labute approximate surface area is 170 Å². The zero-order valence-corrected chi connectivity index (χ0v) is 16.8. The van der Waals surface area contributed by atoms with Crippen LogP contribution in [0, 0.1) is 6.92 Å². The summed E-state index contributed by atoms with van der Waals surface area (Å²) in [6.45, 7) is 3.27. The molecule has 1 aliphatic rings. The van der Waals surface area contributed by atoms with Crippen molar-refractivity contribution >= 4 is 5.91 Å². The second-order valence-corrected chi connectivity index (χ2v) is 7.45. The van der Waals surface area contributed by atoms with Crippen LogP contribution in [0.1, 0.15) is 52.0 Å². The summed E-state index contributed by atoms with van der Waals surface area (Å²) in [5.41, 5.74) is 2.57. The second-order valence-electron chi connectivity index (χ2n) is 7.45. The van der Waals surface area contributed by atoms with Crippen molar-refractivity contribution in [2.75, 3.05) is 20.2 Å². The topological polar surface area (TPSA) is 68.5 Å². The first-order valence-corrected chi connectivity index (χ1v) is 9.92. The van der Waals surface area contributed by atoms with E-state index in [1.807, 2.05) is 48.2 Å². The summed E-state index contributed by atoms with van der Waals surface area (Å²) in [6, 6.07) is 11.7. The Balaban J connectivity index is 1.43. The van der Waals surface area contributed by atoms with Crippen molar-refractivity contribution in [3.05, 3.63) is 77.3 Å². The molecule has 0 bridgehead atoms. The molecule has 1 aromatic carbocycles. The molecule has 2 aromatic heterocycles. The number of rotatable bonds is 5. The van der Waals surface area contributed by atoms with Gasteiger partial charge in [0, 0.05) is 25.7 Å². The fourth-order valence-electron chi connectivity index (χ4n) is 3.76. The summed E-state index contributed by atoms with van der Waals surface area (Å²) >= 11 is 0. The molecule has 1 aliphatic heterocycles. The Morgan fingerprint density at radius 2 is 2.07 bits per heavy atom. The number of aromatic nitrogens is 2. The van der Waals surface area contributed by atoms with Gasteiger partial charge in [0.2, 0.25) is 0 Å². The van der Waals surface area contributed by atoms with E-state index in [1.54, 1.807) is 19.5 Å². The quantitative estimate of drug-likeness (QED) is 0.658. The van der Waals surface area contributed by atoms with Gasteiger partial charge in [0.25, 0.3) is 5.91 Å². The summed E-state index contributed by atoms with van der Waals surface area (Å²) in [7, 11) is 1.66. The van der Waals surface area contributed by atoms with E-state index in [4.69, 9.17) is 9.15 Å². The number of methoxy groups -OCH3 is 1. The third-order valence-electron chi connectivity index (χ3n) is 5.38. The number of amides is 1.